The number of carbonyl (C=O) groups excluding carboxylic acids is 1. The lowest BCUT2D eigenvalue weighted by Gasteiger charge is -2.19. The number of nitrogens with zero attached hydrogens (tertiary/aromatic N) is 4. The molecule has 1 N–H and O–H groups in total. The SMILES string of the molecule is CCN(CC)C(=O)c1cnn(-c2ccccc2)c1NS(=O)(=O)c1ccc(Cl)c([N+](=O)[O-])c1. The van der Waals surface area contributed by atoms with Gasteiger partial charge in [-0.25, -0.2) is 13.1 Å². The summed E-state index contributed by atoms with van der Waals surface area (Å²) in [4.78, 5) is 24.6. The zero-order chi connectivity index (χ0) is 23.5. The maximum atomic E-state index is 13.1. The minimum Gasteiger partial charge on any atom is -0.339 e. The van der Waals surface area contributed by atoms with Gasteiger partial charge in [0, 0.05) is 19.2 Å². The smallest absolute Gasteiger partial charge is 0.289 e. The number of benzene rings is 2. The molecule has 0 aliphatic rings. The van der Waals surface area contributed by atoms with Crippen LogP contribution < -0.4 is 4.72 Å². The standard InChI is InChI=1S/C20H20ClN5O5S/c1-3-24(4-2)20(27)16-13-22-25(14-8-6-5-7-9-14)19(16)23-32(30,31)15-10-11-17(21)18(12-15)26(28)29/h5-13,23H,3-4H2,1-2H3. The van der Waals surface area contributed by atoms with E-state index in [1.165, 1.54) is 15.8 Å². The van der Waals surface area contributed by atoms with Crippen LogP contribution in [0, 0.1) is 10.1 Å². The zero-order valence-corrected chi connectivity index (χ0v) is 18.8. The fourth-order valence-electron chi connectivity index (χ4n) is 3.04. The number of nitro benzene ring substituents is 1. The van der Waals surface area contributed by atoms with Gasteiger partial charge >= 0.3 is 0 Å². The molecule has 0 aliphatic heterocycles. The Balaban J connectivity index is 2.13. The van der Waals surface area contributed by atoms with Crippen molar-refractivity contribution in [3.05, 3.63) is 75.4 Å². The van der Waals surface area contributed by atoms with Gasteiger partial charge < -0.3 is 4.90 Å². The fraction of sp³-hybridized carbons (Fsp3) is 0.200. The topological polar surface area (TPSA) is 127 Å². The molecule has 168 valence electrons. The van der Waals surface area contributed by atoms with E-state index in [0.29, 0.717) is 18.8 Å². The minimum absolute atomic E-state index is 0.0459. The molecule has 0 saturated carbocycles. The number of rotatable bonds is 8. The number of hydrogen-bond donors (Lipinski definition) is 1. The number of amides is 1. The lowest BCUT2D eigenvalue weighted by molar-refractivity contribution is -0.384. The summed E-state index contributed by atoms with van der Waals surface area (Å²) in [6, 6.07) is 11.8. The first-order valence-corrected chi connectivity index (χ1v) is 11.4. The van der Waals surface area contributed by atoms with Crippen molar-refractivity contribution in [2.75, 3.05) is 17.8 Å². The number of nitro groups is 1. The van der Waals surface area contributed by atoms with Gasteiger partial charge in [-0.05, 0) is 38.1 Å². The highest BCUT2D eigenvalue weighted by Gasteiger charge is 2.27. The molecule has 0 saturated heterocycles. The van der Waals surface area contributed by atoms with E-state index in [1.54, 1.807) is 44.2 Å². The maximum absolute atomic E-state index is 13.1. The van der Waals surface area contributed by atoms with Crippen molar-refractivity contribution in [1.82, 2.24) is 14.7 Å². The number of anilines is 1. The van der Waals surface area contributed by atoms with Crippen LogP contribution in [0.15, 0.2) is 59.6 Å². The quantitative estimate of drug-likeness (QED) is 0.389. The van der Waals surface area contributed by atoms with Crippen LogP contribution in [-0.4, -0.2) is 47.0 Å². The summed E-state index contributed by atoms with van der Waals surface area (Å²) in [7, 11) is -4.33. The van der Waals surface area contributed by atoms with Gasteiger partial charge in [-0.1, -0.05) is 29.8 Å². The van der Waals surface area contributed by atoms with Crippen LogP contribution in [0.4, 0.5) is 11.5 Å². The van der Waals surface area contributed by atoms with Crippen LogP contribution in [0.3, 0.4) is 0 Å². The molecule has 0 fully saturated rings. The molecule has 0 radical (unpaired) electrons. The lowest BCUT2D eigenvalue weighted by atomic mass is 10.2. The second kappa shape index (κ2) is 9.37. The van der Waals surface area contributed by atoms with Gasteiger partial charge in [0.05, 0.1) is 21.7 Å². The van der Waals surface area contributed by atoms with E-state index in [4.69, 9.17) is 11.6 Å². The zero-order valence-electron chi connectivity index (χ0n) is 17.2. The molecule has 2 aromatic carbocycles. The van der Waals surface area contributed by atoms with Crippen molar-refractivity contribution in [2.45, 2.75) is 18.7 Å². The fourth-order valence-corrected chi connectivity index (χ4v) is 4.30. The molecule has 3 aromatic rings. The van der Waals surface area contributed by atoms with E-state index in [9.17, 15) is 23.3 Å². The Bertz CT molecular complexity index is 1260. The summed E-state index contributed by atoms with van der Waals surface area (Å²) >= 11 is 5.80. The Hall–Kier alpha value is -3.44. The molecule has 1 heterocycles. The first kappa shape index (κ1) is 23.2. The third kappa shape index (κ3) is 4.58. The molecule has 0 atom stereocenters. The van der Waals surface area contributed by atoms with Crippen LogP contribution in [0.25, 0.3) is 5.69 Å². The Kier molecular flexibility index (Phi) is 6.80. The highest BCUT2D eigenvalue weighted by atomic mass is 35.5. The van der Waals surface area contributed by atoms with Gasteiger partial charge in [0.25, 0.3) is 21.6 Å². The number of aromatic nitrogens is 2. The van der Waals surface area contributed by atoms with Crippen LogP contribution in [0.1, 0.15) is 24.2 Å². The van der Waals surface area contributed by atoms with E-state index >= 15 is 0 Å². The van der Waals surface area contributed by atoms with Gasteiger partial charge in [0.1, 0.15) is 10.6 Å². The third-order valence-corrected chi connectivity index (χ3v) is 6.36. The molecule has 1 aromatic heterocycles. The Morgan fingerprint density at radius 3 is 2.44 bits per heavy atom. The van der Waals surface area contributed by atoms with Gasteiger partial charge in [0.15, 0.2) is 5.82 Å². The summed E-state index contributed by atoms with van der Waals surface area (Å²) in [6.07, 6.45) is 1.29. The van der Waals surface area contributed by atoms with Crippen molar-refractivity contribution in [3.8, 4) is 5.69 Å². The van der Waals surface area contributed by atoms with Gasteiger partial charge in [0.2, 0.25) is 0 Å². The normalized spacial score (nSPS) is 11.2. The first-order valence-electron chi connectivity index (χ1n) is 9.59. The minimum atomic E-state index is -4.33. The van der Waals surface area contributed by atoms with E-state index in [1.807, 2.05) is 0 Å². The summed E-state index contributed by atoms with van der Waals surface area (Å²) in [5.74, 6) is -0.484. The highest BCUT2D eigenvalue weighted by Crippen LogP contribution is 2.29. The van der Waals surface area contributed by atoms with Crippen molar-refractivity contribution in [2.24, 2.45) is 0 Å². The number of carbonyl (C=O) groups is 1. The highest BCUT2D eigenvalue weighted by molar-refractivity contribution is 7.92. The van der Waals surface area contributed by atoms with Crippen LogP contribution >= 0.6 is 11.6 Å². The lowest BCUT2D eigenvalue weighted by Crippen LogP contribution is -2.31. The number of halogens is 1. The summed E-state index contributed by atoms with van der Waals surface area (Å²) in [5, 5.41) is 15.2. The predicted octanol–water partition coefficient (Wildman–Crippen LogP) is 3.72. The van der Waals surface area contributed by atoms with E-state index in [0.717, 1.165) is 18.2 Å². The largest absolute Gasteiger partial charge is 0.339 e. The molecule has 0 unspecified atom stereocenters. The molecule has 32 heavy (non-hydrogen) atoms. The average Bonchev–Trinajstić information content (AvgIpc) is 3.17. The van der Waals surface area contributed by atoms with Crippen LogP contribution in [0.5, 0.6) is 0 Å². The Morgan fingerprint density at radius 2 is 1.84 bits per heavy atom. The molecular weight excluding hydrogens is 458 g/mol. The molecule has 10 nitrogen and oxygen atoms in total. The molecule has 0 spiro atoms. The number of para-hydroxylation sites is 1. The summed E-state index contributed by atoms with van der Waals surface area (Å²) < 4.78 is 29.9. The van der Waals surface area contributed by atoms with E-state index < -0.39 is 26.5 Å². The van der Waals surface area contributed by atoms with Crippen LogP contribution in [-0.2, 0) is 10.0 Å². The summed E-state index contributed by atoms with van der Waals surface area (Å²) in [5.41, 5.74) is 0.0148. The molecule has 1 amide bonds. The monoisotopic (exact) mass is 477 g/mol. The van der Waals surface area contributed by atoms with Crippen molar-refractivity contribution >= 4 is 39.0 Å². The first-order chi connectivity index (χ1) is 15.2. The van der Waals surface area contributed by atoms with E-state index in [-0.39, 0.29) is 21.3 Å². The molecule has 3 rings (SSSR count). The van der Waals surface area contributed by atoms with Crippen molar-refractivity contribution in [1.29, 1.82) is 0 Å². The number of nitrogens with one attached hydrogen (secondary N) is 1. The second-order valence-electron chi connectivity index (χ2n) is 6.61. The average molecular weight is 478 g/mol. The third-order valence-electron chi connectivity index (χ3n) is 4.71. The maximum Gasteiger partial charge on any atom is 0.289 e. The molecule has 0 bridgehead atoms. The van der Waals surface area contributed by atoms with Crippen molar-refractivity contribution in [3.63, 3.8) is 0 Å². The molecule has 12 heteroatoms. The van der Waals surface area contributed by atoms with Gasteiger partial charge in [-0.2, -0.15) is 5.10 Å². The van der Waals surface area contributed by atoms with Crippen molar-refractivity contribution < 1.29 is 18.1 Å². The Morgan fingerprint density at radius 1 is 1.19 bits per heavy atom. The van der Waals surface area contributed by atoms with Gasteiger partial charge in [-0.15, -0.1) is 0 Å². The number of sulfonamides is 1. The van der Waals surface area contributed by atoms with Gasteiger partial charge in [-0.3, -0.25) is 19.6 Å². The summed E-state index contributed by atoms with van der Waals surface area (Å²) in [6.45, 7) is 4.45. The molecular formula is C20H20ClN5O5S. The second-order valence-corrected chi connectivity index (χ2v) is 8.70. The predicted molar refractivity (Wildman–Crippen MR) is 120 cm³/mol. The van der Waals surface area contributed by atoms with Crippen LogP contribution in [0.2, 0.25) is 5.02 Å². The van der Waals surface area contributed by atoms with E-state index in [2.05, 4.69) is 9.82 Å². The number of hydrogen-bond acceptors (Lipinski definition) is 6. The Labute approximate surface area is 189 Å². The molecule has 0 aliphatic carbocycles.